The monoisotopic (exact) mass is 441 g/mol. The molecule has 4 rings (SSSR count). The van der Waals surface area contributed by atoms with Gasteiger partial charge in [0, 0.05) is 24.5 Å². The maximum absolute atomic E-state index is 13.3. The van der Waals surface area contributed by atoms with E-state index in [-0.39, 0.29) is 24.3 Å². The van der Waals surface area contributed by atoms with Gasteiger partial charge in [0.2, 0.25) is 11.8 Å². The van der Waals surface area contributed by atoms with Gasteiger partial charge in [-0.2, -0.15) is 0 Å². The summed E-state index contributed by atoms with van der Waals surface area (Å²) in [6.07, 6.45) is 11.0. The summed E-state index contributed by atoms with van der Waals surface area (Å²) in [6, 6.07) is 7.53. The number of nitrogens with one attached hydrogen (secondary N) is 1. The highest BCUT2D eigenvalue weighted by atomic mass is 32.2. The van der Waals surface area contributed by atoms with E-state index in [1.165, 1.54) is 35.1 Å². The Morgan fingerprint density at radius 3 is 2.65 bits per heavy atom. The quantitative estimate of drug-likeness (QED) is 0.542. The topological polar surface area (TPSA) is 69.7 Å². The van der Waals surface area contributed by atoms with Crippen molar-refractivity contribution < 1.29 is 14.4 Å². The number of likely N-dealkylation sites (tertiary alicyclic amines) is 1. The average molecular weight is 442 g/mol. The lowest BCUT2D eigenvalue weighted by Gasteiger charge is -2.36. The van der Waals surface area contributed by atoms with E-state index in [0.717, 1.165) is 43.4 Å². The minimum Gasteiger partial charge on any atom is -0.354 e. The number of carbonyl (C=O) groups excluding carboxylic acids is 3. The number of piperidine rings is 1. The maximum Gasteiger partial charge on any atom is 0.250 e. The van der Waals surface area contributed by atoms with Crippen LogP contribution < -0.4 is 10.2 Å². The van der Waals surface area contributed by atoms with Crippen LogP contribution in [0.15, 0.2) is 40.8 Å². The van der Waals surface area contributed by atoms with Gasteiger partial charge in [0.1, 0.15) is 6.54 Å². The SMILES string of the molecule is O=C(CN1C(=O)C(C(=O)N2CCCCC2)Sc2ccccc21)NCCC1=CCCCC1. The van der Waals surface area contributed by atoms with E-state index in [1.807, 2.05) is 29.2 Å². The molecule has 166 valence electrons. The molecule has 1 aliphatic carbocycles. The largest absolute Gasteiger partial charge is 0.354 e. The van der Waals surface area contributed by atoms with Crippen LogP contribution in [0.2, 0.25) is 0 Å². The number of fused-ring (bicyclic) bond motifs is 1. The zero-order valence-electron chi connectivity index (χ0n) is 18.0. The van der Waals surface area contributed by atoms with Crippen LogP contribution in [0.1, 0.15) is 51.4 Å². The third-order valence-corrected chi connectivity index (χ3v) is 7.48. The highest BCUT2D eigenvalue weighted by Crippen LogP contribution is 2.39. The first-order chi connectivity index (χ1) is 15.1. The predicted molar refractivity (Wildman–Crippen MR) is 123 cm³/mol. The van der Waals surface area contributed by atoms with E-state index in [9.17, 15) is 14.4 Å². The highest BCUT2D eigenvalue weighted by molar-refractivity contribution is 8.01. The van der Waals surface area contributed by atoms with Crippen LogP contribution in [0.3, 0.4) is 0 Å². The lowest BCUT2D eigenvalue weighted by Crippen LogP contribution is -2.52. The number of carbonyl (C=O) groups is 3. The Kier molecular flexibility index (Phi) is 7.33. The molecule has 31 heavy (non-hydrogen) atoms. The molecular formula is C24H31N3O3S. The number of amides is 3. The number of thioether (sulfide) groups is 1. The minimum absolute atomic E-state index is 0.0563. The van der Waals surface area contributed by atoms with Crippen LogP contribution in [-0.4, -0.2) is 54.1 Å². The van der Waals surface area contributed by atoms with Crippen LogP contribution >= 0.6 is 11.8 Å². The van der Waals surface area contributed by atoms with Crippen molar-refractivity contribution >= 4 is 35.2 Å². The Morgan fingerprint density at radius 2 is 1.87 bits per heavy atom. The number of allylic oxidation sites excluding steroid dienone is 1. The summed E-state index contributed by atoms with van der Waals surface area (Å²) < 4.78 is 0. The van der Waals surface area contributed by atoms with E-state index in [0.29, 0.717) is 25.3 Å². The molecule has 2 aliphatic heterocycles. The van der Waals surface area contributed by atoms with Crippen molar-refractivity contribution in [3.63, 3.8) is 0 Å². The molecule has 3 amide bonds. The zero-order valence-corrected chi connectivity index (χ0v) is 18.8. The molecule has 1 fully saturated rings. The molecular weight excluding hydrogens is 410 g/mol. The van der Waals surface area contributed by atoms with Crippen LogP contribution in [0.4, 0.5) is 5.69 Å². The van der Waals surface area contributed by atoms with Crippen LogP contribution in [-0.2, 0) is 14.4 Å². The molecule has 7 heteroatoms. The molecule has 1 aromatic carbocycles. The summed E-state index contributed by atoms with van der Waals surface area (Å²) in [5.74, 6) is -0.598. The summed E-state index contributed by atoms with van der Waals surface area (Å²) in [5.41, 5.74) is 2.12. The normalized spacial score (nSPS) is 21.4. The third-order valence-electron chi connectivity index (χ3n) is 6.24. The number of rotatable bonds is 6. The molecule has 0 aromatic heterocycles. The number of para-hydroxylation sites is 1. The maximum atomic E-state index is 13.3. The van der Waals surface area contributed by atoms with Gasteiger partial charge in [-0.1, -0.05) is 23.8 Å². The van der Waals surface area contributed by atoms with Gasteiger partial charge in [0.05, 0.1) is 5.69 Å². The lowest BCUT2D eigenvalue weighted by atomic mass is 9.97. The van der Waals surface area contributed by atoms with Crippen molar-refractivity contribution in [3.05, 3.63) is 35.9 Å². The van der Waals surface area contributed by atoms with E-state index < -0.39 is 5.25 Å². The lowest BCUT2D eigenvalue weighted by molar-refractivity contribution is -0.135. The standard InChI is InChI=1S/C24H31N3O3S/c28-21(25-14-13-18-9-3-1-4-10-18)17-27-19-11-5-6-12-20(19)31-22(24(27)30)23(29)26-15-7-2-8-16-26/h5-6,9,11-12,22H,1-4,7-8,10,13-17H2,(H,25,28). The fraction of sp³-hybridized carbons (Fsp3) is 0.542. The van der Waals surface area contributed by atoms with Gasteiger partial charge < -0.3 is 15.1 Å². The molecule has 0 spiro atoms. The molecule has 0 bridgehead atoms. The molecule has 0 radical (unpaired) electrons. The van der Waals surface area contributed by atoms with Gasteiger partial charge in [0.15, 0.2) is 5.25 Å². The van der Waals surface area contributed by atoms with Crippen molar-refractivity contribution in [3.8, 4) is 0 Å². The summed E-state index contributed by atoms with van der Waals surface area (Å²) in [7, 11) is 0. The summed E-state index contributed by atoms with van der Waals surface area (Å²) in [4.78, 5) is 43.2. The Labute approximate surface area is 188 Å². The van der Waals surface area contributed by atoms with Crippen LogP contribution in [0, 0.1) is 0 Å². The highest BCUT2D eigenvalue weighted by Gasteiger charge is 2.40. The minimum atomic E-state index is -0.812. The van der Waals surface area contributed by atoms with Gasteiger partial charge in [-0.05, 0) is 63.5 Å². The fourth-order valence-electron chi connectivity index (χ4n) is 4.51. The van der Waals surface area contributed by atoms with Gasteiger partial charge in [-0.3, -0.25) is 14.4 Å². The molecule has 1 aromatic rings. The molecule has 1 atom stereocenters. The van der Waals surface area contributed by atoms with Gasteiger partial charge in [0.25, 0.3) is 5.91 Å². The second-order valence-corrected chi connectivity index (χ2v) is 9.63. The predicted octanol–water partition coefficient (Wildman–Crippen LogP) is 3.51. The second kappa shape index (κ2) is 10.4. The Morgan fingerprint density at radius 1 is 1.06 bits per heavy atom. The Hall–Kier alpha value is -2.28. The average Bonchev–Trinajstić information content (AvgIpc) is 2.81. The summed E-state index contributed by atoms with van der Waals surface area (Å²) in [5, 5.41) is 2.15. The number of benzene rings is 1. The zero-order chi connectivity index (χ0) is 21.6. The van der Waals surface area contributed by atoms with Crippen LogP contribution in [0.25, 0.3) is 0 Å². The van der Waals surface area contributed by atoms with E-state index in [2.05, 4.69) is 11.4 Å². The molecule has 6 nitrogen and oxygen atoms in total. The van der Waals surface area contributed by atoms with Crippen molar-refractivity contribution in [2.24, 2.45) is 0 Å². The van der Waals surface area contributed by atoms with Crippen molar-refractivity contribution in [2.45, 2.75) is 61.5 Å². The number of anilines is 1. The first-order valence-electron chi connectivity index (χ1n) is 11.4. The van der Waals surface area contributed by atoms with Gasteiger partial charge in [-0.15, -0.1) is 11.8 Å². The number of hydrogen-bond donors (Lipinski definition) is 1. The third kappa shape index (κ3) is 5.32. The van der Waals surface area contributed by atoms with Crippen LogP contribution in [0.5, 0.6) is 0 Å². The molecule has 1 unspecified atom stereocenters. The van der Waals surface area contributed by atoms with E-state index in [4.69, 9.17) is 0 Å². The Bertz CT molecular complexity index is 863. The molecule has 0 saturated carbocycles. The number of hydrogen-bond acceptors (Lipinski definition) is 4. The first kappa shape index (κ1) is 21.9. The van der Waals surface area contributed by atoms with Crippen molar-refractivity contribution in [1.82, 2.24) is 10.2 Å². The molecule has 1 N–H and O–H groups in total. The summed E-state index contributed by atoms with van der Waals surface area (Å²) >= 11 is 1.31. The van der Waals surface area contributed by atoms with Crippen molar-refractivity contribution in [2.75, 3.05) is 31.1 Å². The van der Waals surface area contributed by atoms with E-state index >= 15 is 0 Å². The molecule has 3 aliphatic rings. The number of nitrogens with zero attached hydrogens (tertiary/aromatic N) is 2. The summed E-state index contributed by atoms with van der Waals surface area (Å²) in [6.45, 7) is 1.95. The smallest absolute Gasteiger partial charge is 0.250 e. The second-order valence-electron chi connectivity index (χ2n) is 8.48. The molecule has 2 heterocycles. The Balaban J connectivity index is 1.42. The first-order valence-corrected chi connectivity index (χ1v) is 12.3. The van der Waals surface area contributed by atoms with Crippen molar-refractivity contribution in [1.29, 1.82) is 0 Å². The van der Waals surface area contributed by atoms with E-state index in [1.54, 1.807) is 0 Å². The molecule has 1 saturated heterocycles. The van der Waals surface area contributed by atoms with Gasteiger partial charge in [-0.25, -0.2) is 0 Å². The fourth-order valence-corrected chi connectivity index (χ4v) is 5.70. The van der Waals surface area contributed by atoms with Gasteiger partial charge >= 0.3 is 0 Å².